The van der Waals surface area contributed by atoms with E-state index in [0.717, 1.165) is 19.6 Å². The Labute approximate surface area is 148 Å². The minimum absolute atomic E-state index is 0. The molecule has 1 heterocycles. The van der Waals surface area contributed by atoms with Crippen molar-refractivity contribution in [3.8, 4) is 0 Å². The molecule has 4 heteroatoms. The molecule has 2 nitrogen and oxygen atoms in total. The maximum atomic E-state index is 2.53. The van der Waals surface area contributed by atoms with Crippen LogP contribution in [0.15, 0.2) is 58.3 Å². The van der Waals surface area contributed by atoms with E-state index in [1.807, 2.05) is 11.8 Å². The van der Waals surface area contributed by atoms with Crippen molar-refractivity contribution in [2.45, 2.75) is 22.8 Å². The molecule has 0 spiro atoms. The Hall–Kier alpha value is -0.970. The molecular weight excluding hydrogens is 356 g/mol. The zero-order chi connectivity index (χ0) is 14.7. The van der Waals surface area contributed by atoms with E-state index in [1.165, 1.54) is 27.5 Å². The van der Waals surface area contributed by atoms with Gasteiger partial charge in [0.2, 0.25) is 0 Å². The first-order valence-corrected chi connectivity index (χ1v) is 8.30. The smallest absolute Gasteiger partial charge is 0.0511 e. The SMILES string of the molecule is Br.CN(C)CCCN1Cc2ccccc2Sc2ccccc21. The Morgan fingerprint density at radius 1 is 1.00 bits per heavy atom. The zero-order valence-electron chi connectivity index (χ0n) is 13.2. The molecule has 0 unspecified atom stereocenters. The van der Waals surface area contributed by atoms with Crippen molar-refractivity contribution in [3.63, 3.8) is 0 Å². The number of para-hydroxylation sites is 1. The number of hydrogen-bond donors (Lipinski definition) is 0. The molecule has 1 aliphatic heterocycles. The van der Waals surface area contributed by atoms with E-state index in [0.29, 0.717) is 0 Å². The number of nitrogens with zero attached hydrogens (tertiary/aromatic N) is 2. The maximum Gasteiger partial charge on any atom is 0.0511 e. The average molecular weight is 379 g/mol. The minimum Gasteiger partial charge on any atom is -0.366 e. The second-order valence-electron chi connectivity index (χ2n) is 5.76. The van der Waals surface area contributed by atoms with Crippen molar-refractivity contribution in [2.24, 2.45) is 0 Å². The van der Waals surface area contributed by atoms with E-state index >= 15 is 0 Å². The van der Waals surface area contributed by atoms with Crippen LogP contribution in [0.2, 0.25) is 0 Å². The molecule has 0 atom stereocenters. The molecular formula is C18H23BrN2S. The first kappa shape index (κ1) is 17.4. The molecule has 2 aromatic rings. The number of rotatable bonds is 4. The summed E-state index contributed by atoms with van der Waals surface area (Å²) in [5.41, 5.74) is 2.81. The van der Waals surface area contributed by atoms with Crippen molar-refractivity contribution >= 4 is 34.4 Å². The summed E-state index contributed by atoms with van der Waals surface area (Å²) >= 11 is 1.89. The molecule has 0 saturated carbocycles. The van der Waals surface area contributed by atoms with Crippen LogP contribution in [0.3, 0.4) is 0 Å². The Balaban J connectivity index is 0.00000176. The summed E-state index contributed by atoms with van der Waals surface area (Å²) in [6.07, 6.45) is 1.19. The van der Waals surface area contributed by atoms with Crippen LogP contribution >= 0.6 is 28.7 Å². The third-order valence-corrected chi connectivity index (χ3v) is 4.98. The number of halogens is 1. The number of fused-ring (bicyclic) bond motifs is 2. The second-order valence-corrected chi connectivity index (χ2v) is 6.84. The quantitative estimate of drug-likeness (QED) is 0.761. The van der Waals surface area contributed by atoms with E-state index in [1.54, 1.807) is 0 Å². The minimum atomic E-state index is 0. The van der Waals surface area contributed by atoms with E-state index < -0.39 is 0 Å². The molecule has 2 aromatic carbocycles. The number of benzene rings is 2. The van der Waals surface area contributed by atoms with Gasteiger partial charge in [0, 0.05) is 22.9 Å². The Bertz CT molecular complexity index is 616. The van der Waals surface area contributed by atoms with Gasteiger partial charge in [-0.05, 0) is 50.8 Å². The van der Waals surface area contributed by atoms with Crippen LogP contribution in [-0.2, 0) is 6.54 Å². The third-order valence-electron chi connectivity index (χ3n) is 3.79. The van der Waals surface area contributed by atoms with Crippen LogP contribution in [0, 0.1) is 0 Å². The first-order valence-electron chi connectivity index (χ1n) is 7.48. The molecule has 3 rings (SSSR count). The highest BCUT2D eigenvalue weighted by Crippen LogP contribution is 2.40. The molecule has 0 aromatic heterocycles. The fourth-order valence-corrected chi connectivity index (χ4v) is 3.82. The molecule has 0 N–H and O–H groups in total. The van der Waals surface area contributed by atoms with Crippen LogP contribution < -0.4 is 4.90 Å². The van der Waals surface area contributed by atoms with Crippen LogP contribution in [0.25, 0.3) is 0 Å². The van der Waals surface area contributed by atoms with E-state index in [-0.39, 0.29) is 17.0 Å². The average Bonchev–Trinajstić information content (AvgIpc) is 2.63. The second kappa shape index (κ2) is 8.04. The van der Waals surface area contributed by atoms with Gasteiger partial charge in [-0.3, -0.25) is 0 Å². The van der Waals surface area contributed by atoms with Gasteiger partial charge in [0.1, 0.15) is 0 Å². The summed E-state index contributed by atoms with van der Waals surface area (Å²) in [6, 6.07) is 17.5. The summed E-state index contributed by atoms with van der Waals surface area (Å²) in [4.78, 5) is 7.54. The van der Waals surface area contributed by atoms with Gasteiger partial charge in [0.25, 0.3) is 0 Å². The van der Waals surface area contributed by atoms with Crippen LogP contribution in [0.1, 0.15) is 12.0 Å². The fourth-order valence-electron chi connectivity index (χ4n) is 2.73. The van der Waals surface area contributed by atoms with Gasteiger partial charge in [-0.15, -0.1) is 17.0 Å². The standard InChI is InChI=1S/C18H22N2S.BrH/c1-19(2)12-7-13-20-14-15-8-3-5-10-17(15)21-18-11-6-4-9-16(18)20;/h3-6,8-11H,7,12-14H2,1-2H3;1H. The third kappa shape index (κ3) is 4.06. The predicted molar refractivity (Wildman–Crippen MR) is 102 cm³/mol. The largest absolute Gasteiger partial charge is 0.366 e. The van der Waals surface area contributed by atoms with Gasteiger partial charge >= 0.3 is 0 Å². The lowest BCUT2D eigenvalue weighted by Crippen LogP contribution is -2.26. The lowest BCUT2D eigenvalue weighted by Gasteiger charge is -2.25. The first-order chi connectivity index (χ1) is 10.2. The van der Waals surface area contributed by atoms with Crippen molar-refractivity contribution in [2.75, 3.05) is 32.1 Å². The molecule has 0 bridgehead atoms. The highest BCUT2D eigenvalue weighted by Gasteiger charge is 2.18. The predicted octanol–water partition coefficient (Wildman–Crippen LogP) is 4.69. The van der Waals surface area contributed by atoms with Gasteiger partial charge in [0.05, 0.1) is 5.69 Å². The summed E-state index contributed by atoms with van der Waals surface area (Å²) < 4.78 is 0. The normalized spacial score (nSPS) is 13.1. The Morgan fingerprint density at radius 2 is 1.68 bits per heavy atom. The van der Waals surface area contributed by atoms with Crippen LogP contribution in [0.4, 0.5) is 5.69 Å². The van der Waals surface area contributed by atoms with Crippen molar-refractivity contribution in [1.29, 1.82) is 0 Å². The van der Waals surface area contributed by atoms with Crippen molar-refractivity contribution in [3.05, 3.63) is 54.1 Å². The van der Waals surface area contributed by atoms with Crippen LogP contribution in [-0.4, -0.2) is 32.1 Å². The summed E-state index contributed by atoms with van der Waals surface area (Å²) in [5, 5.41) is 0. The van der Waals surface area contributed by atoms with Crippen molar-refractivity contribution in [1.82, 2.24) is 4.90 Å². The van der Waals surface area contributed by atoms with Gasteiger partial charge < -0.3 is 9.80 Å². The zero-order valence-corrected chi connectivity index (χ0v) is 15.7. The van der Waals surface area contributed by atoms with E-state index in [4.69, 9.17) is 0 Å². The topological polar surface area (TPSA) is 6.48 Å². The van der Waals surface area contributed by atoms with Crippen molar-refractivity contribution < 1.29 is 0 Å². The van der Waals surface area contributed by atoms with Gasteiger partial charge in [-0.2, -0.15) is 0 Å². The van der Waals surface area contributed by atoms with Gasteiger partial charge in [-0.1, -0.05) is 42.1 Å². The number of hydrogen-bond acceptors (Lipinski definition) is 3. The van der Waals surface area contributed by atoms with E-state index in [2.05, 4.69) is 72.4 Å². The molecule has 118 valence electrons. The summed E-state index contributed by atoms with van der Waals surface area (Å²) in [7, 11) is 4.28. The lowest BCUT2D eigenvalue weighted by molar-refractivity contribution is 0.400. The Kier molecular flexibility index (Phi) is 6.36. The summed E-state index contributed by atoms with van der Waals surface area (Å²) in [6.45, 7) is 3.24. The molecule has 0 amide bonds. The van der Waals surface area contributed by atoms with Gasteiger partial charge in [0.15, 0.2) is 0 Å². The lowest BCUT2D eigenvalue weighted by atomic mass is 10.2. The molecule has 1 aliphatic rings. The number of anilines is 1. The molecule has 0 saturated heterocycles. The molecule has 0 aliphatic carbocycles. The molecule has 22 heavy (non-hydrogen) atoms. The Morgan fingerprint density at radius 3 is 2.45 bits per heavy atom. The maximum absolute atomic E-state index is 2.53. The highest BCUT2D eigenvalue weighted by molar-refractivity contribution is 8.93. The highest BCUT2D eigenvalue weighted by atomic mass is 79.9. The van der Waals surface area contributed by atoms with Crippen LogP contribution in [0.5, 0.6) is 0 Å². The monoisotopic (exact) mass is 378 g/mol. The molecule has 0 radical (unpaired) electrons. The molecule has 0 fully saturated rings. The van der Waals surface area contributed by atoms with E-state index in [9.17, 15) is 0 Å². The van der Waals surface area contributed by atoms with Gasteiger partial charge in [-0.25, -0.2) is 0 Å². The summed E-state index contributed by atoms with van der Waals surface area (Å²) in [5.74, 6) is 0. The fraction of sp³-hybridized carbons (Fsp3) is 0.333.